The van der Waals surface area contributed by atoms with Gasteiger partial charge in [0.15, 0.2) is 0 Å². The van der Waals surface area contributed by atoms with Gasteiger partial charge in [-0.25, -0.2) is 8.42 Å². The van der Waals surface area contributed by atoms with Crippen LogP contribution in [0.5, 0.6) is 5.75 Å². The van der Waals surface area contributed by atoms with Crippen molar-refractivity contribution in [2.75, 3.05) is 20.2 Å². The molecule has 3 rings (SSSR count). The standard InChI is InChI=1S/C14H20N2O3S/c1-19-13-4-6-14(7-5-13)20(17,18)16-9-8-11-2-3-12(10-16)15-11/h4-7,11-12,15H,2-3,8-10H2,1H3. The molecular formula is C14H20N2O3S. The average Bonchev–Trinajstić information content (AvgIpc) is 2.77. The first-order valence-corrected chi connectivity index (χ1v) is 8.44. The Morgan fingerprint density at radius 3 is 2.55 bits per heavy atom. The number of nitrogens with one attached hydrogen (secondary N) is 1. The molecule has 6 heteroatoms. The molecule has 1 N–H and O–H groups in total. The molecule has 1 aromatic carbocycles. The lowest BCUT2D eigenvalue weighted by molar-refractivity contribution is 0.383. The Morgan fingerprint density at radius 1 is 1.15 bits per heavy atom. The molecule has 2 atom stereocenters. The molecule has 1 aromatic rings. The largest absolute Gasteiger partial charge is 0.497 e. The summed E-state index contributed by atoms with van der Waals surface area (Å²) in [6.07, 6.45) is 3.13. The zero-order valence-electron chi connectivity index (χ0n) is 11.6. The van der Waals surface area contributed by atoms with E-state index in [0.717, 1.165) is 12.8 Å². The second kappa shape index (κ2) is 5.35. The third-order valence-corrected chi connectivity index (χ3v) is 6.06. The fourth-order valence-electron chi connectivity index (χ4n) is 3.03. The van der Waals surface area contributed by atoms with E-state index in [4.69, 9.17) is 4.74 Å². The van der Waals surface area contributed by atoms with Crippen LogP contribution in [0, 0.1) is 0 Å². The Hall–Kier alpha value is -1.11. The van der Waals surface area contributed by atoms with Crippen molar-refractivity contribution in [1.82, 2.24) is 9.62 Å². The van der Waals surface area contributed by atoms with Gasteiger partial charge in [-0.2, -0.15) is 4.31 Å². The van der Waals surface area contributed by atoms with Crippen molar-refractivity contribution in [2.45, 2.75) is 36.2 Å². The Morgan fingerprint density at radius 2 is 1.85 bits per heavy atom. The molecule has 20 heavy (non-hydrogen) atoms. The van der Waals surface area contributed by atoms with Crippen molar-refractivity contribution in [1.29, 1.82) is 0 Å². The van der Waals surface area contributed by atoms with E-state index in [1.165, 1.54) is 6.42 Å². The first-order chi connectivity index (χ1) is 9.59. The predicted octanol–water partition coefficient (Wildman–Crippen LogP) is 1.21. The van der Waals surface area contributed by atoms with E-state index in [-0.39, 0.29) is 0 Å². The maximum atomic E-state index is 12.7. The van der Waals surface area contributed by atoms with Gasteiger partial charge in [-0.1, -0.05) is 0 Å². The summed E-state index contributed by atoms with van der Waals surface area (Å²) in [5.41, 5.74) is 0. The van der Waals surface area contributed by atoms with Crippen LogP contribution in [-0.2, 0) is 10.0 Å². The van der Waals surface area contributed by atoms with Gasteiger partial charge >= 0.3 is 0 Å². The number of hydrogen-bond donors (Lipinski definition) is 1. The second-order valence-electron chi connectivity index (χ2n) is 5.47. The summed E-state index contributed by atoms with van der Waals surface area (Å²) in [5.74, 6) is 0.667. The first kappa shape index (κ1) is 13.9. The number of hydrogen-bond acceptors (Lipinski definition) is 4. The highest BCUT2D eigenvalue weighted by Crippen LogP contribution is 2.25. The molecular weight excluding hydrogens is 276 g/mol. The Labute approximate surface area is 120 Å². The summed E-state index contributed by atoms with van der Waals surface area (Å²) in [6, 6.07) is 7.39. The molecule has 0 spiro atoms. The van der Waals surface area contributed by atoms with E-state index in [9.17, 15) is 8.42 Å². The topological polar surface area (TPSA) is 58.6 Å². The van der Waals surface area contributed by atoms with Crippen molar-refractivity contribution in [2.24, 2.45) is 0 Å². The fraction of sp³-hybridized carbons (Fsp3) is 0.571. The molecule has 5 nitrogen and oxygen atoms in total. The summed E-state index contributed by atoms with van der Waals surface area (Å²) in [4.78, 5) is 0.344. The highest BCUT2D eigenvalue weighted by molar-refractivity contribution is 7.89. The zero-order valence-corrected chi connectivity index (χ0v) is 12.4. The van der Waals surface area contributed by atoms with Gasteiger partial charge in [-0.15, -0.1) is 0 Å². The van der Waals surface area contributed by atoms with Gasteiger partial charge in [0.05, 0.1) is 12.0 Å². The van der Waals surface area contributed by atoms with Crippen molar-refractivity contribution < 1.29 is 13.2 Å². The molecule has 0 amide bonds. The van der Waals surface area contributed by atoms with Crippen LogP contribution in [0.25, 0.3) is 0 Å². The van der Waals surface area contributed by atoms with Crippen LogP contribution in [0.2, 0.25) is 0 Å². The number of fused-ring (bicyclic) bond motifs is 2. The highest BCUT2D eigenvalue weighted by Gasteiger charge is 2.34. The number of methoxy groups -OCH3 is 1. The maximum absolute atomic E-state index is 12.7. The minimum absolute atomic E-state index is 0.301. The summed E-state index contributed by atoms with van der Waals surface area (Å²) >= 11 is 0. The zero-order chi connectivity index (χ0) is 14.2. The molecule has 110 valence electrons. The number of ether oxygens (including phenoxy) is 1. The van der Waals surface area contributed by atoms with Crippen molar-refractivity contribution in [3.8, 4) is 5.75 Å². The van der Waals surface area contributed by atoms with Crippen molar-refractivity contribution in [3.05, 3.63) is 24.3 Å². The van der Waals surface area contributed by atoms with E-state index < -0.39 is 10.0 Å². The van der Waals surface area contributed by atoms with Crippen LogP contribution in [0.1, 0.15) is 19.3 Å². The number of rotatable bonds is 3. The SMILES string of the molecule is COc1ccc(S(=O)(=O)N2CCC3CCC(C2)N3)cc1. The summed E-state index contributed by atoms with van der Waals surface area (Å²) in [5, 5.41) is 3.50. The van der Waals surface area contributed by atoms with Gasteiger partial charge in [0, 0.05) is 25.2 Å². The van der Waals surface area contributed by atoms with Crippen LogP contribution >= 0.6 is 0 Å². The van der Waals surface area contributed by atoms with Crippen LogP contribution in [0.4, 0.5) is 0 Å². The van der Waals surface area contributed by atoms with Gasteiger partial charge in [-0.3, -0.25) is 0 Å². The third kappa shape index (κ3) is 2.55. The van der Waals surface area contributed by atoms with Gasteiger partial charge in [-0.05, 0) is 43.5 Å². The first-order valence-electron chi connectivity index (χ1n) is 7.00. The second-order valence-corrected chi connectivity index (χ2v) is 7.40. The lowest BCUT2D eigenvalue weighted by Crippen LogP contribution is -2.39. The van der Waals surface area contributed by atoms with E-state index in [1.54, 1.807) is 35.7 Å². The number of benzene rings is 1. The predicted molar refractivity (Wildman–Crippen MR) is 76.3 cm³/mol. The third-order valence-electron chi connectivity index (χ3n) is 4.18. The summed E-state index contributed by atoms with van der Waals surface area (Å²) in [7, 11) is -1.82. The van der Waals surface area contributed by atoms with Crippen LogP contribution < -0.4 is 10.1 Å². The lowest BCUT2D eigenvalue weighted by Gasteiger charge is -2.23. The van der Waals surface area contributed by atoms with Crippen molar-refractivity contribution in [3.63, 3.8) is 0 Å². The van der Waals surface area contributed by atoms with Gasteiger partial charge in [0.1, 0.15) is 5.75 Å². The molecule has 2 aliphatic rings. The molecule has 2 heterocycles. The number of sulfonamides is 1. The van der Waals surface area contributed by atoms with Gasteiger partial charge in [0.2, 0.25) is 10.0 Å². The van der Waals surface area contributed by atoms with E-state index in [1.807, 2.05) is 0 Å². The number of nitrogens with zero attached hydrogens (tertiary/aromatic N) is 1. The Balaban J connectivity index is 1.83. The molecule has 2 bridgehead atoms. The molecule has 0 aromatic heterocycles. The average molecular weight is 296 g/mol. The minimum atomic E-state index is -3.40. The minimum Gasteiger partial charge on any atom is -0.497 e. The van der Waals surface area contributed by atoms with Crippen molar-refractivity contribution >= 4 is 10.0 Å². The van der Waals surface area contributed by atoms with Crippen LogP contribution in [0.3, 0.4) is 0 Å². The van der Waals surface area contributed by atoms with E-state index >= 15 is 0 Å². The van der Waals surface area contributed by atoms with Gasteiger partial charge in [0.25, 0.3) is 0 Å². The normalized spacial score (nSPS) is 27.2. The fourth-order valence-corrected chi connectivity index (χ4v) is 4.53. The molecule has 0 aliphatic carbocycles. The molecule has 2 saturated heterocycles. The summed E-state index contributed by atoms with van der Waals surface area (Å²) < 4.78 is 32.0. The Kier molecular flexibility index (Phi) is 3.70. The van der Waals surface area contributed by atoms with Gasteiger partial charge < -0.3 is 10.1 Å². The molecule has 0 radical (unpaired) electrons. The van der Waals surface area contributed by atoms with Crippen LogP contribution in [-0.4, -0.2) is 45.0 Å². The monoisotopic (exact) mass is 296 g/mol. The van der Waals surface area contributed by atoms with E-state index in [0.29, 0.717) is 35.8 Å². The maximum Gasteiger partial charge on any atom is 0.243 e. The molecule has 2 unspecified atom stereocenters. The smallest absolute Gasteiger partial charge is 0.243 e. The Bertz CT molecular complexity index is 571. The molecule has 2 aliphatic heterocycles. The van der Waals surface area contributed by atoms with E-state index in [2.05, 4.69) is 5.32 Å². The quantitative estimate of drug-likeness (QED) is 0.911. The lowest BCUT2D eigenvalue weighted by atomic mass is 10.1. The van der Waals surface area contributed by atoms with Crippen LogP contribution in [0.15, 0.2) is 29.2 Å². The molecule has 2 fully saturated rings. The highest BCUT2D eigenvalue weighted by atomic mass is 32.2. The molecule has 0 saturated carbocycles. The summed E-state index contributed by atoms with van der Waals surface area (Å²) in [6.45, 7) is 1.17.